The fourth-order valence-corrected chi connectivity index (χ4v) is 2.63. The van der Waals surface area contributed by atoms with Crippen molar-refractivity contribution in [2.24, 2.45) is 0 Å². The molecule has 1 aliphatic heterocycles. The van der Waals surface area contributed by atoms with Crippen LogP contribution in [0, 0.1) is 0 Å². The summed E-state index contributed by atoms with van der Waals surface area (Å²) in [4.78, 5) is 23.9. The average Bonchev–Trinajstić information content (AvgIpc) is 3.12. The maximum atomic E-state index is 11.8. The number of ether oxygens (including phenoxy) is 1. The Hall–Kier alpha value is -2.51. The number of amides is 1. The van der Waals surface area contributed by atoms with Gasteiger partial charge in [0.2, 0.25) is 0 Å². The maximum absolute atomic E-state index is 11.8. The second-order valence-corrected chi connectivity index (χ2v) is 5.76. The Balaban J connectivity index is 1.71. The van der Waals surface area contributed by atoms with Crippen molar-refractivity contribution in [2.45, 2.75) is 0 Å². The van der Waals surface area contributed by atoms with Crippen LogP contribution in [0.2, 0.25) is 0 Å². The van der Waals surface area contributed by atoms with Crippen LogP contribution < -0.4 is 15.4 Å². The van der Waals surface area contributed by atoms with Gasteiger partial charge < -0.3 is 10.1 Å². The van der Waals surface area contributed by atoms with Crippen molar-refractivity contribution in [3.63, 3.8) is 0 Å². The highest BCUT2D eigenvalue weighted by molar-refractivity contribution is 7.80. The minimum absolute atomic E-state index is 0.266. The predicted octanol–water partition coefficient (Wildman–Crippen LogP) is 2.31. The van der Waals surface area contributed by atoms with Gasteiger partial charge in [-0.1, -0.05) is 18.2 Å². The summed E-state index contributed by atoms with van der Waals surface area (Å²) >= 11 is 6.18. The molecule has 0 spiro atoms. The zero-order valence-electron chi connectivity index (χ0n) is 11.2. The Morgan fingerprint density at radius 3 is 2.55 bits per heavy atom. The van der Waals surface area contributed by atoms with Crippen molar-refractivity contribution < 1.29 is 14.3 Å². The van der Waals surface area contributed by atoms with E-state index in [0.717, 1.165) is 5.56 Å². The molecule has 22 heavy (non-hydrogen) atoms. The zero-order valence-corrected chi connectivity index (χ0v) is 12.8. The minimum Gasteiger partial charge on any atom is -0.422 e. The molecule has 1 fully saturated rings. The number of benzene rings is 1. The van der Waals surface area contributed by atoms with Gasteiger partial charge in [-0.05, 0) is 47.4 Å². The molecule has 0 bridgehead atoms. The lowest BCUT2D eigenvalue weighted by Gasteiger charge is -2.03. The molecule has 1 saturated heterocycles. The Kier molecular flexibility index (Phi) is 3.99. The Bertz CT molecular complexity index is 765. The van der Waals surface area contributed by atoms with Gasteiger partial charge in [-0.15, -0.1) is 11.3 Å². The van der Waals surface area contributed by atoms with Gasteiger partial charge >= 0.3 is 5.97 Å². The van der Waals surface area contributed by atoms with Crippen LogP contribution >= 0.6 is 23.6 Å². The van der Waals surface area contributed by atoms with Crippen LogP contribution in [0.15, 0.2) is 47.5 Å². The van der Waals surface area contributed by atoms with Crippen molar-refractivity contribution in [2.75, 3.05) is 0 Å². The van der Waals surface area contributed by atoms with Gasteiger partial charge in [0.25, 0.3) is 5.91 Å². The number of nitrogens with one attached hydrogen (secondary N) is 2. The van der Waals surface area contributed by atoms with E-state index in [0.29, 0.717) is 16.3 Å². The molecule has 1 aromatic heterocycles. The van der Waals surface area contributed by atoms with E-state index in [9.17, 15) is 9.59 Å². The smallest absolute Gasteiger partial charge is 0.353 e. The highest BCUT2D eigenvalue weighted by Crippen LogP contribution is 2.18. The summed E-state index contributed by atoms with van der Waals surface area (Å²) in [6.07, 6.45) is 1.67. The average molecular weight is 330 g/mol. The lowest BCUT2D eigenvalue weighted by molar-refractivity contribution is -0.115. The molecule has 3 rings (SSSR count). The molecular weight excluding hydrogens is 320 g/mol. The summed E-state index contributed by atoms with van der Waals surface area (Å²) in [7, 11) is 0. The number of thiocarbonyl (C=S) groups is 1. The fourth-order valence-electron chi connectivity index (χ4n) is 1.83. The second-order valence-electron chi connectivity index (χ2n) is 4.40. The van der Waals surface area contributed by atoms with E-state index in [1.807, 2.05) is 5.38 Å². The Morgan fingerprint density at radius 2 is 1.95 bits per heavy atom. The number of thiophene rings is 1. The normalized spacial score (nSPS) is 15.5. The van der Waals surface area contributed by atoms with Crippen LogP contribution in [-0.4, -0.2) is 17.0 Å². The van der Waals surface area contributed by atoms with E-state index in [2.05, 4.69) is 10.6 Å². The maximum Gasteiger partial charge on any atom is 0.353 e. The van der Waals surface area contributed by atoms with Gasteiger partial charge in [-0.2, -0.15) is 0 Å². The van der Waals surface area contributed by atoms with Gasteiger partial charge in [0.05, 0.1) is 0 Å². The predicted molar refractivity (Wildman–Crippen MR) is 87.6 cm³/mol. The summed E-state index contributed by atoms with van der Waals surface area (Å²) in [5, 5.41) is 7.36. The lowest BCUT2D eigenvalue weighted by atomic mass is 10.2. The Morgan fingerprint density at radius 1 is 1.18 bits per heavy atom. The van der Waals surface area contributed by atoms with Crippen molar-refractivity contribution in [3.8, 4) is 5.75 Å². The van der Waals surface area contributed by atoms with E-state index in [4.69, 9.17) is 17.0 Å². The zero-order chi connectivity index (χ0) is 15.5. The van der Waals surface area contributed by atoms with E-state index in [1.165, 1.54) is 11.3 Å². The quantitative estimate of drug-likeness (QED) is 0.391. The lowest BCUT2D eigenvalue weighted by Crippen LogP contribution is -2.21. The van der Waals surface area contributed by atoms with Crippen molar-refractivity contribution in [1.82, 2.24) is 10.6 Å². The largest absolute Gasteiger partial charge is 0.422 e. The van der Waals surface area contributed by atoms with Gasteiger partial charge in [0, 0.05) is 0 Å². The highest BCUT2D eigenvalue weighted by atomic mass is 32.1. The molecule has 0 aliphatic carbocycles. The first kappa shape index (κ1) is 14.4. The first-order valence-corrected chi connectivity index (χ1v) is 7.60. The number of carbonyl (C=O) groups excluding carboxylic acids is 2. The Labute approximate surface area is 135 Å². The number of hydrogen-bond acceptors (Lipinski definition) is 5. The van der Waals surface area contributed by atoms with Crippen molar-refractivity contribution >= 4 is 46.6 Å². The number of carbonyl (C=O) groups is 2. The summed E-state index contributed by atoms with van der Waals surface area (Å²) < 4.78 is 5.26. The molecule has 2 N–H and O–H groups in total. The second kappa shape index (κ2) is 6.08. The van der Waals surface area contributed by atoms with Gasteiger partial charge in [0.1, 0.15) is 16.3 Å². The number of rotatable bonds is 3. The van der Waals surface area contributed by atoms with Crippen molar-refractivity contribution in [1.29, 1.82) is 0 Å². The standard InChI is InChI=1S/C15H10N2O3S2/c18-13-11(16-15(21)17-13)8-9-3-5-10(6-4-9)20-14(19)12-2-1-7-22-12/h1-8H,(H2,16,17,18,21)/b11-8-. The summed E-state index contributed by atoms with van der Waals surface area (Å²) in [5.41, 5.74) is 1.17. The number of hydrogen-bond donors (Lipinski definition) is 2. The van der Waals surface area contributed by atoms with Gasteiger partial charge in [-0.25, -0.2) is 4.79 Å². The van der Waals surface area contributed by atoms with Gasteiger partial charge in [0.15, 0.2) is 5.11 Å². The molecule has 0 unspecified atom stereocenters. The van der Waals surface area contributed by atoms with E-state index >= 15 is 0 Å². The molecule has 1 amide bonds. The molecule has 0 radical (unpaired) electrons. The molecule has 110 valence electrons. The van der Waals surface area contributed by atoms with Crippen molar-refractivity contribution in [3.05, 3.63) is 57.9 Å². The third-order valence-electron chi connectivity index (χ3n) is 2.84. The van der Waals surface area contributed by atoms with Crippen LogP contribution in [0.5, 0.6) is 5.75 Å². The monoisotopic (exact) mass is 330 g/mol. The van der Waals surface area contributed by atoms with E-state index in [-0.39, 0.29) is 17.0 Å². The minimum atomic E-state index is -0.386. The molecule has 7 heteroatoms. The van der Waals surface area contributed by atoms with Crippen LogP contribution in [0.4, 0.5) is 0 Å². The van der Waals surface area contributed by atoms with E-state index in [1.54, 1.807) is 42.5 Å². The highest BCUT2D eigenvalue weighted by Gasteiger charge is 2.19. The third kappa shape index (κ3) is 3.21. The van der Waals surface area contributed by atoms with Crippen LogP contribution in [0.3, 0.4) is 0 Å². The molecular formula is C15H10N2O3S2. The number of esters is 1. The fraction of sp³-hybridized carbons (Fsp3) is 0. The van der Waals surface area contributed by atoms with Crippen LogP contribution in [-0.2, 0) is 4.79 Å². The molecule has 2 aromatic rings. The van der Waals surface area contributed by atoms with E-state index < -0.39 is 0 Å². The first-order valence-electron chi connectivity index (χ1n) is 6.31. The molecule has 2 heterocycles. The summed E-state index contributed by atoms with van der Waals surface area (Å²) in [6, 6.07) is 10.3. The first-order chi connectivity index (χ1) is 10.6. The molecule has 0 atom stereocenters. The third-order valence-corrected chi connectivity index (χ3v) is 3.90. The topological polar surface area (TPSA) is 67.4 Å². The van der Waals surface area contributed by atoms with Crippen LogP contribution in [0.1, 0.15) is 15.2 Å². The molecule has 1 aliphatic rings. The summed E-state index contributed by atoms with van der Waals surface area (Å²) in [5.74, 6) is -0.207. The molecule has 1 aromatic carbocycles. The van der Waals surface area contributed by atoms with Crippen LogP contribution in [0.25, 0.3) is 6.08 Å². The summed E-state index contributed by atoms with van der Waals surface area (Å²) in [6.45, 7) is 0. The molecule has 5 nitrogen and oxygen atoms in total. The van der Waals surface area contributed by atoms with Gasteiger partial charge in [-0.3, -0.25) is 10.1 Å². The SMILES string of the molecule is O=C1NC(=S)N/C1=C\c1ccc(OC(=O)c2cccs2)cc1. The molecule has 0 saturated carbocycles.